The molecule has 0 N–H and O–H groups in total. The van der Waals surface area contributed by atoms with E-state index in [1.165, 1.54) is 69.3 Å². The maximum absolute atomic E-state index is 13.3. The van der Waals surface area contributed by atoms with Gasteiger partial charge in [-0.2, -0.15) is 0 Å². The van der Waals surface area contributed by atoms with Gasteiger partial charge >= 0.3 is 0 Å². The third-order valence-electron chi connectivity index (χ3n) is 12.5. The van der Waals surface area contributed by atoms with Crippen LogP contribution in [0.3, 0.4) is 0 Å². The highest BCUT2D eigenvalue weighted by Gasteiger charge is 2.64. The first-order valence-electron chi connectivity index (χ1n) is 15.0. The lowest BCUT2D eigenvalue weighted by molar-refractivity contribution is -0.315. The quantitative estimate of drug-likeness (QED) is 0.403. The number of hydrogen-bond acceptors (Lipinski definition) is 2. The molecule has 9 unspecified atom stereocenters. The predicted octanol–water partition coefficient (Wildman–Crippen LogP) is 8.26. The minimum Gasteiger partial charge on any atom is -0.356 e. The van der Waals surface area contributed by atoms with E-state index in [1.807, 2.05) is 0 Å². The van der Waals surface area contributed by atoms with Gasteiger partial charge in [-0.25, -0.2) is 0 Å². The molecule has 195 valence electrons. The van der Waals surface area contributed by atoms with Crippen LogP contribution in [-0.4, -0.2) is 22.9 Å². The smallest absolute Gasteiger partial charge is 0.148 e. The first-order valence-corrected chi connectivity index (χ1v) is 15.0. The molecule has 0 aromatic carbocycles. The van der Waals surface area contributed by atoms with Gasteiger partial charge in [0.15, 0.2) is 0 Å². The second kappa shape index (κ2) is 8.73. The molecule has 4 saturated carbocycles. The van der Waals surface area contributed by atoms with E-state index >= 15 is 0 Å². The van der Waals surface area contributed by atoms with Crippen molar-refractivity contribution in [2.24, 2.45) is 52.3 Å². The Morgan fingerprint density at radius 2 is 1.59 bits per heavy atom. The number of nitrogens with zero attached hydrogens (tertiary/aromatic N) is 1. The molecule has 9 atom stereocenters. The number of hydrogen-bond donors (Lipinski definition) is 0. The lowest BCUT2D eigenvalue weighted by Crippen LogP contribution is -2.59. The van der Waals surface area contributed by atoms with E-state index in [4.69, 9.17) is 4.74 Å². The third-order valence-corrected chi connectivity index (χ3v) is 12.5. The molecule has 3 nitrogen and oxygen atoms in total. The summed E-state index contributed by atoms with van der Waals surface area (Å²) in [7, 11) is 0. The average molecular weight is 473 g/mol. The highest BCUT2D eigenvalue weighted by Crippen LogP contribution is 2.69. The number of fused-ring (bicyclic) bond motifs is 5. The van der Waals surface area contributed by atoms with Gasteiger partial charge in [0.1, 0.15) is 5.72 Å². The monoisotopic (exact) mass is 472 g/mol. The van der Waals surface area contributed by atoms with Crippen LogP contribution in [0.15, 0.2) is 0 Å². The van der Waals surface area contributed by atoms with E-state index < -0.39 is 5.72 Å². The molecule has 0 aromatic heterocycles. The Hall–Kier alpha value is -0.120. The first-order chi connectivity index (χ1) is 15.9. The number of rotatable bonds is 5. The third kappa shape index (κ3) is 3.85. The summed E-state index contributed by atoms with van der Waals surface area (Å²) in [5.41, 5.74) is 0.0746. The molecule has 34 heavy (non-hydrogen) atoms. The summed E-state index contributed by atoms with van der Waals surface area (Å²) in [5, 5.41) is 14.6. The van der Waals surface area contributed by atoms with Crippen LogP contribution in [0.5, 0.6) is 0 Å². The maximum Gasteiger partial charge on any atom is 0.148 e. The Morgan fingerprint density at radius 3 is 2.26 bits per heavy atom. The number of ether oxygens (including phenoxy) is 1. The zero-order valence-electron chi connectivity index (χ0n) is 23.5. The van der Waals surface area contributed by atoms with Gasteiger partial charge < -0.3 is 4.74 Å². The van der Waals surface area contributed by atoms with Crippen molar-refractivity contribution in [3.63, 3.8) is 0 Å². The van der Waals surface area contributed by atoms with Gasteiger partial charge in [0.05, 0.1) is 12.1 Å². The molecule has 1 radical (unpaired) electrons. The molecular weight excluding hydrogens is 418 g/mol. The number of hydroxylamine groups is 2. The van der Waals surface area contributed by atoms with Crippen molar-refractivity contribution in [2.75, 3.05) is 6.61 Å². The lowest BCUT2D eigenvalue weighted by Gasteiger charge is -2.62. The topological polar surface area (TPSA) is 32.4 Å². The summed E-state index contributed by atoms with van der Waals surface area (Å²) in [6, 6.07) is 0. The Kier molecular flexibility index (Phi) is 6.55. The molecule has 1 heterocycles. The highest BCUT2D eigenvalue weighted by atomic mass is 16.6. The Bertz CT molecular complexity index is 750. The fourth-order valence-electron chi connectivity index (χ4n) is 10.5. The largest absolute Gasteiger partial charge is 0.356 e. The molecule has 5 aliphatic rings. The average Bonchev–Trinajstić information content (AvgIpc) is 3.24. The van der Waals surface area contributed by atoms with Crippen LogP contribution in [0.25, 0.3) is 0 Å². The molecule has 1 saturated heterocycles. The van der Waals surface area contributed by atoms with E-state index in [0.717, 1.165) is 48.3 Å². The fourth-order valence-corrected chi connectivity index (χ4v) is 10.5. The second-order valence-electron chi connectivity index (χ2n) is 15.2. The zero-order valence-corrected chi connectivity index (χ0v) is 23.5. The van der Waals surface area contributed by atoms with Gasteiger partial charge in [-0.05, 0) is 124 Å². The van der Waals surface area contributed by atoms with Crippen LogP contribution in [0.4, 0.5) is 0 Å². The van der Waals surface area contributed by atoms with E-state index in [1.54, 1.807) is 0 Å². The van der Waals surface area contributed by atoms with E-state index in [0.29, 0.717) is 23.4 Å². The van der Waals surface area contributed by atoms with Crippen LogP contribution in [0.1, 0.15) is 126 Å². The second-order valence-corrected chi connectivity index (χ2v) is 15.2. The normalized spacial score (nSPS) is 49.1. The van der Waals surface area contributed by atoms with Crippen LogP contribution in [-0.2, 0) is 9.94 Å². The van der Waals surface area contributed by atoms with Gasteiger partial charge in [-0.15, -0.1) is 10.3 Å². The molecule has 0 aromatic rings. The molecule has 4 aliphatic carbocycles. The summed E-state index contributed by atoms with van der Waals surface area (Å²) < 4.78 is 6.33. The summed E-state index contributed by atoms with van der Waals surface area (Å²) >= 11 is 0. The molecule has 1 spiro atoms. The molecular formula is C31H54NO2. The first kappa shape index (κ1) is 25.5. The maximum atomic E-state index is 13.3. The standard InChI is InChI=1S/C31H54NO2/c1-21(2)9-8-10-22(3)25-13-14-26-24-12-11-23-19-31(32(33)28(4,5)20-34-31)18-17-29(23,6)27(24)15-16-30(25,26)7/h21-27H,8-20H2,1-7H3. The molecule has 0 amide bonds. The van der Waals surface area contributed by atoms with E-state index in [-0.39, 0.29) is 5.54 Å². The predicted molar refractivity (Wildman–Crippen MR) is 138 cm³/mol. The lowest BCUT2D eigenvalue weighted by atomic mass is 9.44. The van der Waals surface area contributed by atoms with Crippen molar-refractivity contribution >= 4 is 0 Å². The van der Waals surface area contributed by atoms with Crippen LogP contribution >= 0.6 is 0 Å². The van der Waals surface area contributed by atoms with Crippen LogP contribution in [0.2, 0.25) is 0 Å². The highest BCUT2D eigenvalue weighted by molar-refractivity contribution is 5.12. The molecule has 0 bridgehead atoms. The van der Waals surface area contributed by atoms with Crippen molar-refractivity contribution in [2.45, 2.75) is 137 Å². The minimum atomic E-state index is -0.534. The Labute approximate surface area is 210 Å². The fraction of sp³-hybridized carbons (Fsp3) is 1.00. The SMILES string of the molecule is CC(C)CCCC(C)C1CCC2C3CCC4CC5(CCC4(C)C3CCC12C)OCC(C)(C)N5[O]. The van der Waals surface area contributed by atoms with Crippen LogP contribution < -0.4 is 0 Å². The summed E-state index contributed by atoms with van der Waals surface area (Å²) in [4.78, 5) is 0. The minimum absolute atomic E-state index is 0.373. The van der Waals surface area contributed by atoms with Gasteiger partial charge in [0.2, 0.25) is 0 Å². The van der Waals surface area contributed by atoms with Gasteiger partial charge in [-0.1, -0.05) is 53.9 Å². The summed E-state index contributed by atoms with van der Waals surface area (Å²) in [6.07, 6.45) is 15.9. The Balaban J connectivity index is 1.29. The van der Waals surface area contributed by atoms with Crippen molar-refractivity contribution in [3.05, 3.63) is 0 Å². The van der Waals surface area contributed by atoms with Crippen molar-refractivity contribution < 1.29 is 9.94 Å². The van der Waals surface area contributed by atoms with E-state index in [2.05, 4.69) is 48.5 Å². The van der Waals surface area contributed by atoms with Gasteiger partial charge in [-0.3, -0.25) is 0 Å². The molecule has 5 rings (SSSR count). The van der Waals surface area contributed by atoms with E-state index in [9.17, 15) is 5.21 Å². The zero-order chi connectivity index (χ0) is 24.5. The summed E-state index contributed by atoms with van der Waals surface area (Å²) in [6.45, 7) is 17.4. The van der Waals surface area contributed by atoms with Crippen molar-refractivity contribution in [1.82, 2.24) is 5.06 Å². The molecule has 3 heteroatoms. The van der Waals surface area contributed by atoms with Gasteiger partial charge in [0.25, 0.3) is 0 Å². The molecule has 5 fully saturated rings. The van der Waals surface area contributed by atoms with Gasteiger partial charge in [0, 0.05) is 0 Å². The summed E-state index contributed by atoms with van der Waals surface area (Å²) in [5.74, 6) is 6.05. The van der Waals surface area contributed by atoms with Crippen molar-refractivity contribution in [3.8, 4) is 0 Å². The van der Waals surface area contributed by atoms with Crippen LogP contribution in [0, 0.1) is 52.3 Å². The Morgan fingerprint density at radius 1 is 0.853 bits per heavy atom. The molecule has 1 aliphatic heterocycles. The van der Waals surface area contributed by atoms with Crippen molar-refractivity contribution in [1.29, 1.82) is 0 Å².